The monoisotopic (exact) mass is 269 g/mol. The maximum absolute atomic E-state index is 5.84. The number of nitrogens with two attached hydrogens (primary N) is 1. The molecule has 2 rings (SSSR count). The van der Waals surface area contributed by atoms with Crippen LogP contribution in [0.15, 0.2) is 30.3 Å². The molecule has 0 radical (unpaired) electrons. The first-order valence-corrected chi connectivity index (χ1v) is 7.12. The molecule has 1 aromatic heterocycles. The lowest BCUT2D eigenvalue weighted by Crippen LogP contribution is -2.30. The van der Waals surface area contributed by atoms with Crippen LogP contribution in [0.25, 0.3) is 11.3 Å². The van der Waals surface area contributed by atoms with E-state index in [1.165, 1.54) is 5.56 Å². The Balaban J connectivity index is 2.46. The highest BCUT2D eigenvalue weighted by Gasteiger charge is 2.23. The second kappa shape index (κ2) is 5.71. The normalized spacial score (nSPS) is 11.7. The molecule has 0 saturated carbocycles. The van der Waals surface area contributed by atoms with E-state index in [1.807, 2.05) is 13.0 Å². The highest BCUT2D eigenvalue weighted by atomic mass is 14.9. The molecule has 0 aliphatic carbocycles. The summed E-state index contributed by atoms with van der Waals surface area (Å²) < 4.78 is 0. The predicted octanol–water partition coefficient (Wildman–Crippen LogP) is 3.25. The Bertz CT molecular complexity index is 586. The van der Waals surface area contributed by atoms with E-state index in [2.05, 4.69) is 50.0 Å². The zero-order chi connectivity index (χ0) is 14.8. The van der Waals surface area contributed by atoms with Crippen LogP contribution in [0.5, 0.6) is 0 Å². The summed E-state index contributed by atoms with van der Waals surface area (Å²) >= 11 is 0. The predicted molar refractivity (Wildman–Crippen MR) is 83.7 cm³/mol. The molecule has 0 amide bonds. The molecule has 0 bridgehead atoms. The number of nitrogens with zero attached hydrogens (tertiary/aromatic N) is 2. The first kappa shape index (κ1) is 14.7. The summed E-state index contributed by atoms with van der Waals surface area (Å²) in [6.07, 6.45) is 1.05. The van der Waals surface area contributed by atoms with Gasteiger partial charge in [0.15, 0.2) is 0 Å². The van der Waals surface area contributed by atoms with Gasteiger partial charge in [-0.25, -0.2) is 9.97 Å². The fourth-order valence-electron chi connectivity index (χ4n) is 2.02. The molecule has 2 aromatic rings. The first-order chi connectivity index (χ1) is 9.46. The second-order valence-corrected chi connectivity index (χ2v) is 5.86. The minimum Gasteiger partial charge on any atom is -0.329 e. The van der Waals surface area contributed by atoms with Gasteiger partial charge in [-0.2, -0.15) is 0 Å². The number of hydrogen-bond donors (Lipinski definition) is 1. The van der Waals surface area contributed by atoms with Crippen LogP contribution in [0.3, 0.4) is 0 Å². The third-order valence-corrected chi connectivity index (χ3v) is 3.63. The van der Waals surface area contributed by atoms with Crippen LogP contribution >= 0.6 is 0 Å². The minimum atomic E-state index is -0.204. The van der Waals surface area contributed by atoms with E-state index in [1.54, 1.807) is 0 Å². The van der Waals surface area contributed by atoms with Gasteiger partial charge >= 0.3 is 0 Å². The molecule has 0 atom stereocenters. The van der Waals surface area contributed by atoms with Crippen molar-refractivity contribution in [3.8, 4) is 11.3 Å². The van der Waals surface area contributed by atoms with Crippen molar-refractivity contribution >= 4 is 0 Å². The number of aryl methyl sites for hydroxylation is 2. The topological polar surface area (TPSA) is 51.8 Å². The van der Waals surface area contributed by atoms with Gasteiger partial charge in [-0.05, 0) is 25.0 Å². The molecule has 0 spiro atoms. The summed E-state index contributed by atoms with van der Waals surface area (Å²) in [5, 5.41) is 0. The van der Waals surface area contributed by atoms with Crippen LogP contribution in [-0.4, -0.2) is 16.5 Å². The van der Waals surface area contributed by atoms with Gasteiger partial charge in [0.1, 0.15) is 5.82 Å². The van der Waals surface area contributed by atoms with Crippen molar-refractivity contribution in [2.24, 2.45) is 5.73 Å². The third-order valence-electron chi connectivity index (χ3n) is 3.63. The number of hydrogen-bond acceptors (Lipinski definition) is 3. The summed E-state index contributed by atoms with van der Waals surface area (Å²) in [5.74, 6) is 0.814. The Morgan fingerprint density at radius 3 is 2.30 bits per heavy atom. The highest BCUT2D eigenvalue weighted by molar-refractivity contribution is 5.59. The molecule has 0 saturated heterocycles. The molecule has 3 heteroatoms. The van der Waals surface area contributed by atoms with E-state index < -0.39 is 0 Å². The Labute approximate surface area is 121 Å². The van der Waals surface area contributed by atoms with Crippen molar-refractivity contribution in [3.05, 3.63) is 47.4 Å². The standard InChI is InChI=1S/C17H23N3/c1-5-13-6-8-14(9-7-13)15-10-12(2)19-16(20-15)17(3,4)11-18/h6-10H,5,11,18H2,1-4H3. The van der Waals surface area contributed by atoms with Crippen molar-refractivity contribution in [1.29, 1.82) is 0 Å². The van der Waals surface area contributed by atoms with E-state index in [-0.39, 0.29) is 5.41 Å². The van der Waals surface area contributed by atoms with E-state index >= 15 is 0 Å². The smallest absolute Gasteiger partial charge is 0.136 e. The molecule has 20 heavy (non-hydrogen) atoms. The third kappa shape index (κ3) is 3.05. The van der Waals surface area contributed by atoms with Gasteiger partial charge in [-0.15, -0.1) is 0 Å². The molecule has 3 nitrogen and oxygen atoms in total. The van der Waals surface area contributed by atoms with Crippen molar-refractivity contribution in [2.75, 3.05) is 6.54 Å². The van der Waals surface area contributed by atoms with Crippen LogP contribution < -0.4 is 5.73 Å². The second-order valence-electron chi connectivity index (χ2n) is 5.86. The Kier molecular flexibility index (Phi) is 4.19. The zero-order valence-electron chi connectivity index (χ0n) is 12.8. The van der Waals surface area contributed by atoms with Crippen molar-refractivity contribution < 1.29 is 0 Å². The number of rotatable bonds is 4. The van der Waals surface area contributed by atoms with Gasteiger partial charge in [0.25, 0.3) is 0 Å². The van der Waals surface area contributed by atoms with Crippen molar-refractivity contribution in [1.82, 2.24) is 9.97 Å². The molecule has 1 heterocycles. The minimum absolute atomic E-state index is 0.204. The molecular formula is C17H23N3. The largest absolute Gasteiger partial charge is 0.329 e. The van der Waals surface area contributed by atoms with Crippen molar-refractivity contribution in [3.63, 3.8) is 0 Å². The lowest BCUT2D eigenvalue weighted by molar-refractivity contribution is 0.501. The fraction of sp³-hybridized carbons (Fsp3) is 0.412. The summed E-state index contributed by atoms with van der Waals surface area (Å²) in [4.78, 5) is 9.26. The van der Waals surface area contributed by atoms with Crippen LogP contribution in [-0.2, 0) is 11.8 Å². The average molecular weight is 269 g/mol. The van der Waals surface area contributed by atoms with Crippen LogP contribution in [0.4, 0.5) is 0 Å². The maximum atomic E-state index is 5.84. The van der Waals surface area contributed by atoms with Crippen LogP contribution in [0.2, 0.25) is 0 Å². The summed E-state index contributed by atoms with van der Waals surface area (Å²) in [6, 6.07) is 10.6. The number of benzene rings is 1. The van der Waals surface area contributed by atoms with E-state index in [0.29, 0.717) is 6.54 Å². The zero-order valence-corrected chi connectivity index (χ0v) is 12.8. The molecule has 1 aromatic carbocycles. The molecule has 0 aliphatic heterocycles. The van der Waals surface area contributed by atoms with Gasteiger partial charge in [0.2, 0.25) is 0 Å². The molecule has 0 fully saturated rings. The van der Waals surface area contributed by atoms with Gasteiger partial charge in [0.05, 0.1) is 5.69 Å². The maximum Gasteiger partial charge on any atom is 0.136 e. The van der Waals surface area contributed by atoms with Crippen LogP contribution in [0.1, 0.15) is 37.9 Å². The summed E-state index contributed by atoms with van der Waals surface area (Å²) in [5.41, 5.74) is 10.0. The molecule has 0 aliphatic rings. The molecular weight excluding hydrogens is 246 g/mol. The summed E-state index contributed by atoms with van der Waals surface area (Å²) in [6.45, 7) is 8.84. The molecule has 0 unspecified atom stereocenters. The average Bonchev–Trinajstić information content (AvgIpc) is 2.46. The fourth-order valence-corrected chi connectivity index (χ4v) is 2.02. The Morgan fingerprint density at radius 2 is 1.75 bits per heavy atom. The van der Waals surface area contributed by atoms with E-state index in [0.717, 1.165) is 29.2 Å². The lowest BCUT2D eigenvalue weighted by Gasteiger charge is -2.21. The number of aromatic nitrogens is 2. The van der Waals surface area contributed by atoms with Gasteiger partial charge in [-0.3, -0.25) is 0 Å². The SMILES string of the molecule is CCc1ccc(-c2cc(C)nc(C(C)(C)CN)n2)cc1. The summed E-state index contributed by atoms with van der Waals surface area (Å²) in [7, 11) is 0. The van der Waals surface area contributed by atoms with Gasteiger partial charge in [-0.1, -0.05) is 45.0 Å². The van der Waals surface area contributed by atoms with Crippen LogP contribution in [0, 0.1) is 6.92 Å². The Morgan fingerprint density at radius 1 is 1.10 bits per heavy atom. The Hall–Kier alpha value is -1.74. The van der Waals surface area contributed by atoms with E-state index in [4.69, 9.17) is 10.7 Å². The quantitative estimate of drug-likeness (QED) is 0.927. The van der Waals surface area contributed by atoms with Gasteiger partial charge < -0.3 is 5.73 Å². The molecule has 2 N–H and O–H groups in total. The molecule has 106 valence electrons. The van der Waals surface area contributed by atoms with E-state index in [9.17, 15) is 0 Å². The van der Waals surface area contributed by atoms with Crippen molar-refractivity contribution in [2.45, 2.75) is 39.5 Å². The lowest BCUT2D eigenvalue weighted by atomic mass is 9.92. The highest BCUT2D eigenvalue weighted by Crippen LogP contribution is 2.23. The van der Waals surface area contributed by atoms with Gasteiger partial charge in [0, 0.05) is 23.2 Å². The first-order valence-electron chi connectivity index (χ1n) is 7.12.